The summed E-state index contributed by atoms with van der Waals surface area (Å²) in [6.45, 7) is 5.21. The highest BCUT2D eigenvalue weighted by Gasteiger charge is 2.35. The van der Waals surface area contributed by atoms with Crippen molar-refractivity contribution in [2.45, 2.75) is 51.0 Å². The second-order valence-corrected chi connectivity index (χ2v) is 7.41. The number of benzene rings is 1. The van der Waals surface area contributed by atoms with Gasteiger partial charge in [-0.25, -0.2) is 0 Å². The van der Waals surface area contributed by atoms with Crippen LogP contribution in [0.15, 0.2) is 12.1 Å². The van der Waals surface area contributed by atoms with Gasteiger partial charge in [0.25, 0.3) is 0 Å². The average Bonchev–Trinajstić information content (AvgIpc) is 2.66. The molecule has 4 heteroatoms. The molecule has 0 atom stereocenters. The summed E-state index contributed by atoms with van der Waals surface area (Å²) in [6.07, 6.45) is 7.76. The SMILES string of the molecule is Cc1cc(Cl)c(N2CCCNC3(CCCCC3)C2)cc1Cl. The zero-order valence-electron chi connectivity index (χ0n) is 12.7. The molecule has 2 aliphatic rings. The number of anilines is 1. The standard InChI is InChI=1S/C17H24Cl2N2/c1-13-10-15(19)16(11-14(13)18)21-9-5-8-20-17(12-21)6-3-2-4-7-17/h10-11,20H,2-9,12H2,1H3. The summed E-state index contributed by atoms with van der Waals surface area (Å²) in [5.74, 6) is 0. The van der Waals surface area contributed by atoms with E-state index in [9.17, 15) is 0 Å². The third-order valence-electron chi connectivity index (χ3n) is 4.98. The fraction of sp³-hybridized carbons (Fsp3) is 0.647. The van der Waals surface area contributed by atoms with Gasteiger partial charge in [-0.3, -0.25) is 0 Å². The van der Waals surface area contributed by atoms with Gasteiger partial charge in [-0.05, 0) is 50.4 Å². The van der Waals surface area contributed by atoms with Crippen LogP contribution in [0, 0.1) is 6.92 Å². The van der Waals surface area contributed by atoms with Crippen molar-refractivity contribution in [2.24, 2.45) is 0 Å². The number of rotatable bonds is 1. The zero-order chi connectivity index (χ0) is 14.9. The minimum absolute atomic E-state index is 0.273. The lowest BCUT2D eigenvalue weighted by molar-refractivity contribution is 0.246. The Morgan fingerprint density at radius 1 is 1.05 bits per heavy atom. The Balaban J connectivity index is 1.88. The van der Waals surface area contributed by atoms with Gasteiger partial charge < -0.3 is 10.2 Å². The van der Waals surface area contributed by atoms with Crippen LogP contribution in [0.3, 0.4) is 0 Å². The van der Waals surface area contributed by atoms with Crippen LogP contribution in [0.5, 0.6) is 0 Å². The highest BCUT2D eigenvalue weighted by atomic mass is 35.5. The molecule has 0 amide bonds. The van der Waals surface area contributed by atoms with Crippen LogP contribution < -0.4 is 10.2 Å². The molecule has 1 aromatic rings. The van der Waals surface area contributed by atoms with Crippen LogP contribution in [0.1, 0.15) is 44.1 Å². The summed E-state index contributed by atoms with van der Waals surface area (Å²) in [6, 6.07) is 4.03. The maximum Gasteiger partial charge on any atom is 0.0643 e. The molecule has 1 spiro atoms. The predicted octanol–water partition coefficient (Wildman–Crippen LogP) is 4.80. The predicted molar refractivity (Wildman–Crippen MR) is 91.8 cm³/mol. The van der Waals surface area contributed by atoms with Crippen LogP contribution in [-0.2, 0) is 0 Å². The van der Waals surface area contributed by atoms with E-state index in [1.165, 1.54) is 32.1 Å². The summed E-state index contributed by atoms with van der Waals surface area (Å²) >= 11 is 12.8. The van der Waals surface area contributed by atoms with Crippen LogP contribution in [-0.4, -0.2) is 25.2 Å². The van der Waals surface area contributed by atoms with Crippen LogP contribution in [0.4, 0.5) is 5.69 Å². The van der Waals surface area contributed by atoms with E-state index in [0.717, 1.165) is 47.4 Å². The second-order valence-electron chi connectivity index (χ2n) is 6.60. The molecular weight excluding hydrogens is 303 g/mol. The van der Waals surface area contributed by atoms with Crippen molar-refractivity contribution < 1.29 is 0 Å². The maximum atomic E-state index is 6.49. The smallest absolute Gasteiger partial charge is 0.0643 e. The van der Waals surface area contributed by atoms with Gasteiger partial charge in [0.1, 0.15) is 0 Å². The number of hydrogen-bond donors (Lipinski definition) is 1. The molecule has 1 aliphatic heterocycles. The van der Waals surface area contributed by atoms with Crippen molar-refractivity contribution in [2.75, 3.05) is 24.5 Å². The van der Waals surface area contributed by atoms with Gasteiger partial charge in [-0.15, -0.1) is 0 Å². The Kier molecular flexibility index (Phi) is 4.68. The van der Waals surface area contributed by atoms with Gasteiger partial charge in [0.2, 0.25) is 0 Å². The molecule has 0 aromatic heterocycles. The number of aryl methyl sites for hydroxylation is 1. The van der Waals surface area contributed by atoms with Crippen molar-refractivity contribution in [3.63, 3.8) is 0 Å². The summed E-state index contributed by atoms with van der Waals surface area (Å²) in [5, 5.41) is 5.46. The molecule has 2 nitrogen and oxygen atoms in total. The molecule has 3 rings (SSSR count). The first kappa shape index (κ1) is 15.5. The van der Waals surface area contributed by atoms with Crippen LogP contribution >= 0.6 is 23.2 Å². The average molecular weight is 327 g/mol. The molecule has 116 valence electrons. The van der Waals surface area contributed by atoms with E-state index in [1.54, 1.807) is 0 Å². The van der Waals surface area contributed by atoms with Gasteiger partial charge >= 0.3 is 0 Å². The fourth-order valence-corrected chi connectivity index (χ4v) is 4.27. The van der Waals surface area contributed by atoms with E-state index in [2.05, 4.69) is 10.2 Å². The molecular formula is C17H24Cl2N2. The lowest BCUT2D eigenvalue weighted by Gasteiger charge is -2.40. The fourth-order valence-electron chi connectivity index (χ4n) is 3.77. The molecule has 1 aromatic carbocycles. The number of nitrogens with zero attached hydrogens (tertiary/aromatic N) is 1. The molecule has 0 unspecified atom stereocenters. The number of halogens is 2. The van der Waals surface area contributed by atoms with Crippen molar-refractivity contribution in [3.05, 3.63) is 27.7 Å². The Labute approximate surface area is 137 Å². The van der Waals surface area contributed by atoms with Crippen LogP contribution in [0.2, 0.25) is 10.0 Å². The van der Waals surface area contributed by atoms with E-state index in [1.807, 2.05) is 19.1 Å². The Morgan fingerprint density at radius 3 is 2.57 bits per heavy atom. The van der Waals surface area contributed by atoms with Gasteiger partial charge in [-0.1, -0.05) is 42.5 Å². The monoisotopic (exact) mass is 326 g/mol. The summed E-state index contributed by atoms with van der Waals surface area (Å²) in [5.41, 5.74) is 2.42. The Hall–Kier alpha value is -0.440. The van der Waals surface area contributed by atoms with Crippen LogP contribution in [0.25, 0.3) is 0 Å². The highest BCUT2D eigenvalue weighted by Crippen LogP contribution is 2.36. The minimum Gasteiger partial charge on any atom is -0.368 e. The van der Waals surface area contributed by atoms with Crippen molar-refractivity contribution in [1.29, 1.82) is 0 Å². The molecule has 1 aliphatic carbocycles. The zero-order valence-corrected chi connectivity index (χ0v) is 14.2. The molecule has 1 N–H and O–H groups in total. The molecule has 1 heterocycles. The number of hydrogen-bond acceptors (Lipinski definition) is 2. The topological polar surface area (TPSA) is 15.3 Å². The van der Waals surface area contributed by atoms with Crippen molar-refractivity contribution in [1.82, 2.24) is 5.32 Å². The van der Waals surface area contributed by atoms with Gasteiger partial charge in [0.05, 0.1) is 10.7 Å². The van der Waals surface area contributed by atoms with E-state index < -0.39 is 0 Å². The Bertz CT molecular complexity index is 510. The lowest BCUT2D eigenvalue weighted by Crippen LogP contribution is -2.52. The second kappa shape index (κ2) is 6.36. The third-order valence-corrected chi connectivity index (χ3v) is 5.69. The van der Waals surface area contributed by atoms with Gasteiger partial charge in [-0.2, -0.15) is 0 Å². The van der Waals surface area contributed by atoms with Gasteiger partial charge in [0.15, 0.2) is 0 Å². The first-order chi connectivity index (χ1) is 10.1. The third kappa shape index (κ3) is 3.33. The van der Waals surface area contributed by atoms with E-state index >= 15 is 0 Å². The van der Waals surface area contributed by atoms with Crippen molar-refractivity contribution in [3.8, 4) is 0 Å². The molecule has 0 bridgehead atoms. The first-order valence-electron chi connectivity index (χ1n) is 8.05. The summed E-state index contributed by atoms with van der Waals surface area (Å²) in [7, 11) is 0. The first-order valence-corrected chi connectivity index (χ1v) is 8.81. The normalized spacial score (nSPS) is 22.3. The molecule has 1 saturated heterocycles. The molecule has 1 saturated carbocycles. The molecule has 21 heavy (non-hydrogen) atoms. The van der Waals surface area contributed by atoms with Gasteiger partial charge in [0, 0.05) is 23.7 Å². The van der Waals surface area contributed by atoms with E-state index in [0.29, 0.717) is 0 Å². The summed E-state index contributed by atoms with van der Waals surface area (Å²) < 4.78 is 0. The molecule has 0 radical (unpaired) electrons. The van der Waals surface area contributed by atoms with E-state index in [4.69, 9.17) is 23.2 Å². The Morgan fingerprint density at radius 2 is 1.81 bits per heavy atom. The minimum atomic E-state index is 0.273. The lowest BCUT2D eigenvalue weighted by atomic mass is 9.81. The van der Waals surface area contributed by atoms with E-state index in [-0.39, 0.29) is 5.54 Å². The van der Waals surface area contributed by atoms with Crippen molar-refractivity contribution >= 4 is 28.9 Å². The molecule has 2 fully saturated rings. The highest BCUT2D eigenvalue weighted by molar-refractivity contribution is 6.35. The quantitative estimate of drug-likeness (QED) is 0.797. The summed E-state index contributed by atoms with van der Waals surface area (Å²) in [4.78, 5) is 2.44. The largest absolute Gasteiger partial charge is 0.368 e. The number of nitrogens with one attached hydrogen (secondary N) is 1. The maximum absolute atomic E-state index is 6.49.